The Labute approximate surface area is 118 Å². The van der Waals surface area contributed by atoms with Gasteiger partial charge in [0, 0.05) is 30.1 Å². The second-order valence-electron chi connectivity index (χ2n) is 5.33. The van der Waals surface area contributed by atoms with Crippen LogP contribution in [0.25, 0.3) is 22.2 Å². The van der Waals surface area contributed by atoms with Gasteiger partial charge in [-0.25, -0.2) is 4.98 Å². The number of benzene rings is 1. The van der Waals surface area contributed by atoms with Crippen molar-refractivity contribution in [1.82, 2.24) is 14.5 Å². The molecule has 0 bridgehead atoms. The van der Waals surface area contributed by atoms with Gasteiger partial charge in [-0.1, -0.05) is 26.0 Å². The lowest BCUT2D eigenvalue weighted by Crippen LogP contribution is -2.02. The third-order valence-electron chi connectivity index (χ3n) is 3.57. The van der Waals surface area contributed by atoms with E-state index in [9.17, 15) is 0 Å². The van der Waals surface area contributed by atoms with Crippen LogP contribution in [-0.2, 0) is 7.05 Å². The summed E-state index contributed by atoms with van der Waals surface area (Å²) in [4.78, 5) is 9.04. The largest absolute Gasteiger partial charge is 0.383 e. The van der Waals surface area contributed by atoms with Crippen LogP contribution in [0.3, 0.4) is 0 Å². The summed E-state index contributed by atoms with van der Waals surface area (Å²) in [5, 5.41) is 1.10. The lowest BCUT2D eigenvalue weighted by Gasteiger charge is -2.04. The highest BCUT2D eigenvalue weighted by molar-refractivity contribution is 5.85. The van der Waals surface area contributed by atoms with E-state index >= 15 is 0 Å². The Balaban J connectivity index is 2.18. The number of nitrogens with two attached hydrogens (primary N) is 1. The Kier molecular flexibility index (Phi) is 2.93. The van der Waals surface area contributed by atoms with Crippen molar-refractivity contribution in [3.63, 3.8) is 0 Å². The van der Waals surface area contributed by atoms with Crippen LogP contribution in [0.1, 0.15) is 25.6 Å². The third-order valence-corrected chi connectivity index (χ3v) is 3.57. The van der Waals surface area contributed by atoms with E-state index in [0.717, 1.165) is 28.0 Å². The van der Waals surface area contributed by atoms with Crippen molar-refractivity contribution in [1.29, 1.82) is 0 Å². The fraction of sp³-hybridized carbons (Fsp3) is 0.250. The molecule has 0 amide bonds. The van der Waals surface area contributed by atoms with Crippen molar-refractivity contribution >= 4 is 16.7 Å². The Morgan fingerprint density at radius 1 is 1.20 bits per heavy atom. The molecule has 0 aliphatic carbocycles. The van der Waals surface area contributed by atoms with Crippen LogP contribution >= 0.6 is 0 Å². The maximum Gasteiger partial charge on any atom is 0.131 e. The number of fused-ring (bicyclic) bond motifs is 1. The summed E-state index contributed by atoms with van der Waals surface area (Å²) in [5.41, 5.74) is 9.07. The van der Waals surface area contributed by atoms with Gasteiger partial charge in [0.05, 0.1) is 5.52 Å². The Morgan fingerprint density at radius 3 is 2.70 bits per heavy atom. The lowest BCUT2D eigenvalue weighted by atomic mass is 10.1. The van der Waals surface area contributed by atoms with Gasteiger partial charge in [0.2, 0.25) is 0 Å². The summed E-state index contributed by atoms with van der Waals surface area (Å²) in [7, 11) is 1.96. The smallest absolute Gasteiger partial charge is 0.131 e. The predicted molar refractivity (Wildman–Crippen MR) is 82.4 cm³/mol. The number of hydrogen-bond acceptors (Lipinski definition) is 3. The average Bonchev–Trinajstić information content (AvgIpc) is 2.75. The summed E-state index contributed by atoms with van der Waals surface area (Å²) in [6, 6.07) is 10.1. The molecule has 0 radical (unpaired) electrons. The number of anilines is 1. The monoisotopic (exact) mass is 266 g/mol. The normalized spacial score (nSPS) is 11.4. The number of rotatable bonds is 2. The first-order valence-corrected chi connectivity index (χ1v) is 6.75. The van der Waals surface area contributed by atoms with Crippen LogP contribution in [-0.4, -0.2) is 14.5 Å². The topological polar surface area (TPSA) is 56.7 Å². The van der Waals surface area contributed by atoms with Gasteiger partial charge < -0.3 is 10.3 Å². The van der Waals surface area contributed by atoms with Crippen molar-refractivity contribution in [3.05, 3.63) is 42.4 Å². The molecule has 0 unspecified atom stereocenters. The lowest BCUT2D eigenvalue weighted by molar-refractivity contribution is 0.715. The molecule has 2 N–H and O–H groups in total. The van der Waals surface area contributed by atoms with E-state index in [-0.39, 0.29) is 0 Å². The van der Waals surface area contributed by atoms with E-state index in [1.807, 2.05) is 35.9 Å². The second-order valence-corrected chi connectivity index (χ2v) is 5.33. The summed E-state index contributed by atoms with van der Waals surface area (Å²) in [6.45, 7) is 4.24. The van der Waals surface area contributed by atoms with E-state index in [1.165, 1.54) is 0 Å². The maximum absolute atomic E-state index is 6.20. The molecule has 3 aromatic rings. The molecule has 1 aromatic carbocycles. The SMILES string of the molecule is CC(C)c1nc(-c2ccc3ncccc3c2)c(N)n1C. The molecule has 0 atom stereocenters. The third kappa shape index (κ3) is 1.93. The highest BCUT2D eigenvalue weighted by atomic mass is 15.1. The fourth-order valence-corrected chi connectivity index (χ4v) is 2.48. The van der Waals surface area contributed by atoms with Gasteiger partial charge in [0.15, 0.2) is 0 Å². The highest BCUT2D eigenvalue weighted by Crippen LogP contribution is 2.30. The van der Waals surface area contributed by atoms with Gasteiger partial charge in [-0.05, 0) is 18.2 Å². The molecule has 0 saturated carbocycles. The average molecular weight is 266 g/mol. The Bertz CT molecular complexity index is 771. The van der Waals surface area contributed by atoms with E-state index in [0.29, 0.717) is 11.7 Å². The molecule has 3 rings (SSSR count). The second kappa shape index (κ2) is 4.63. The van der Waals surface area contributed by atoms with Crippen LogP contribution in [0.4, 0.5) is 5.82 Å². The molecule has 2 aromatic heterocycles. The van der Waals surface area contributed by atoms with Crippen molar-refractivity contribution < 1.29 is 0 Å². The number of imidazole rings is 1. The summed E-state index contributed by atoms with van der Waals surface area (Å²) < 4.78 is 1.97. The molecule has 102 valence electrons. The molecule has 0 saturated heterocycles. The quantitative estimate of drug-likeness (QED) is 0.774. The Hall–Kier alpha value is -2.36. The van der Waals surface area contributed by atoms with Crippen molar-refractivity contribution in [2.24, 2.45) is 7.05 Å². The van der Waals surface area contributed by atoms with E-state index in [1.54, 1.807) is 6.20 Å². The summed E-state index contributed by atoms with van der Waals surface area (Å²) >= 11 is 0. The molecule has 0 aliphatic heterocycles. The minimum absolute atomic E-state index is 0.346. The van der Waals surface area contributed by atoms with Gasteiger partial charge in [-0.2, -0.15) is 0 Å². The zero-order chi connectivity index (χ0) is 14.3. The van der Waals surface area contributed by atoms with Crippen LogP contribution in [0.2, 0.25) is 0 Å². The van der Waals surface area contributed by atoms with Crippen molar-refractivity contribution in [2.45, 2.75) is 19.8 Å². The van der Waals surface area contributed by atoms with Gasteiger partial charge in [-0.15, -0.1) is 0 Å². The highest BCUT2D eigenvalue weighted by Gasteiger charge is 2.16. The van der Waals surface area contributed by atoms with E-state index in [4.69, 9.17) is 10.7 Å². The molecule has 4 heteroatoms. The molecule has 0 aliphatic rings. The number of hydrogen-bond donors (Lipinski definition) is 1. The number of pyridine rings is 1. The molecular weight excluding hydrogens is 248 g/mol. The van der Waals surface area contributed by atoms with Gasteiger partial charge >= 0.3 is 0 Å². The Morgan fingerprint density at radius 2 is 2.00 bits per heavy atom. The first kappa shape index (κ1) is 12.7. The van der Waals surface area contributed by atoms with Gasteiger partial charge in [0.25, 0.3) is 0 Å². The van der Waals surface area contributed by atoms with Crippen molar-refractivity contribution in [2.75, 3.05) is 5.73 Å². The van der Waals surface area contributed by atoms with Crippen LogP contribution in [0, 0.1) is 0 Å². The van der Waals surface area contributed by atoms with Gasteiger partial charge in [-0.3, -0.25) is 4.98 Å². The minimum atomic E-state index is 0.346. The van der Waals surface area contributed by atoms with Crippen LogP contribution in [0.15, 0.2) is 36.5 Å². The summed E-state index contributed by atoms with van der Waals surface area (Å²) in [6.07, 6.45) is 1.80. The molecule has 0 spiro atoms. The molecule has 20 heavy (non-hydrogen) atoms. The molecule has 2 heterocycles. The maximum atomic E-state index is 6.20. The van der Waals surface area contributed by atoms with Gasteiger partial charge in [0.1, 0.15) is 17.3 Å². The minimum Gasteiger partial charge on any atom is -0.383 e. The fourth-order valence-electron chi connectivity index (χ4n) is 2.48. The predicted octanol–water partition coefficient (Wildman–Crippen LogP) is 3.34. The van der Waals surface area contributed by atoms with E-state index in [2.05, 4.69) is 24.9 Å². The molecule has 0 fully saturated rings. The van der Waals surface area contributed by atoms with E-state index < -0.39 is 0 Å². The molecule has 4 nitrogen and oxygen atoms in total. The van der Waals surface area contributed by atoms with Crippen LogP contribution < -0.4 is 5.73 Å². The standard InChI is InChI=1S/C16H18N4/c1-10(2)16-19-14(15(17)20(16)3)12-6-7-13-11(9-12)5-4-8-18-13/h4-10H,17H2,1-3H3. The van der Waals surface area contributed by atoms with Crippen LogP contribution in [0.5, 0.6) is 0 Å². The van der Waals surface area contributed by atoms with Crippen molar-refractivity contribution in [3.8, 4) is 11.3 Å². The number of nitrogen functional groups attached to an aromatic ring is 1. The number of aromatic nitrogens is 3. The number of nitrogens with zero attached hydrogens (tertiary/aromatic N) is 3. The zero-order valence-corrected chi connectivity index (χ0v) is 12.0. The first-order valence-electron chi connectivity index (χ1n) is 6.75. The summed E-state index contributed by atoms with van der Waals surface area (Å²) in [5.74, 6) is 2.05. The molecular formula is C16H18N4. The zero-order valence-electron chi connectivity index (χ0n) is 12.0. The first-order chi connectivity index (χ1) is 9.58.